The Kier molecular flexibility index (Phi) is 3.01. The van der Waals surface area contributed by atoms with Gasteiger partial charge in [-0.3, -0.25) is 0 Å². The molecular formula is C18H13ClN2O. The molecule has 2 heterocycles. The molecule has 0 bridgehead atoms. The van der Waals surface area contributed by atoms with Crippen LogP contribution in [0.2, 0.25) is 5.02 Å². The van der Waals surface area contributed by atoms with Crippen LogP contribution in [-0.2, 0) is 0 Å². The molecule has 0 N–H and O–H groups in total. The summed E-state index contributed by atoms with van der Waals surface area (Å²) in [6.07, 6.45) is 4.00. The number of hydrogen-bond acceptors (Lipinski definition) is 2. The molecule has 0 aliphatic heterocycles. The highest BCUT2D eigenvalue weighted by atomic mass is 35.5. The van der Waals surface area contributed by atoms with Crippen molar-refractivity contribution < 1.29 is 4.42 Å². The maximum atomic E-state index is 6.18. The summed E-state index contributed by atoms with van der Waals surface area (Å²) in [7, 11) is 0. The summed E-state index contributed by atoms with van der Waals surface area (Å²) in [4.78, 5) is 4.59. The van der Waals surface area contributed by atoms with Gasteiger partial charge in [0.05, 0.1) is 0 Å². The van der Waals surface area contributed by atoms with Crippen molar-refractivity contribution in [3.05, 3.63) is 71.5 Å². The fraction of sp³-hybridized carbons (Fsp3) is 0.0556. The Labute approximate surface area is 132 Å². The smallest absolute Gasteiger partial charge is 0.227 e. The van der Waals surface area contributed by atoms with Gasteiger partial charge in [0.1, 0.15) is 5.52 Å². The van der Waals surface area contributed by atoms with Gasteiger partial charge in [-0.05, 0) is 55.0 Å². The van der Waals surface area contributed by atoms with E-state index in [2.05, 4.69) is 4.98 Å². The molecule has 108 valence electrons. The maximum Gasteiger partial charge on any atom is 0.227 e. The lowest BCUT2D eigenvalue weighted by Crippen LogP contribution is -1.88. The number of oxazole rings is 1. The molecule has 4 rings (SSSR count). The second-order valence-electron chi connectivity index (χ2n) is 5.23. The Hall–Kier alpha value is -2.52. The van der Waals surface area contributed by atoms with Gasteiger partial charge in [0.25, 0.3) is 0 Å². The van der Waals surface area contributed by atoms with Gasteiger partial charge in [-0.1, -0.05) is 17.7 Å². The van der Waals surface area contributed by atoms with Crippen molar-refractivity contribution >= 4 is 22.7 Å². The molecule has 0 saturated heterocycles. The van der Waals surface area contributed by atoms with Crippen molar-refractivity contribution in [3.63, 3.8) is 0 Å². The van der Waals surface area contributed by atoms with E-state index in [1.807, 2.05) is 72.4 Å². The van der Waals surface area contributed by atoms with Crippen LogP contribution >= 0.6 is 11.6 Å². The standard InChI is InChI=1S/C18H13ClN2O/c1-12-4-5-13(10-15(12)19)18-20-16-11-14(6-7-17(16)22-18)21-8-2-3-9-21/h2-11H,1H3. The molecule has 0 atom stereocenters. The predicted molar refractivity (Wildman–Crippen MR) is 88.5 cm³/mol. The number of nitrogens with zero attached hydrogens (tertiary/aromatic N) is 2. The van der Waals surface area contributed by atoms with E-state index in [0.29, 0.717) is 10.9 Å². The maximum absolute atomic E-state index is 6.18. The largest absolute Gasteiger partial charge is 0.436 e. The number of rotatable bonds is 2. The second-order valence-corrected chi connectivity index (χ2v) is 5.63. The SMILES string of the molecule is Cc1ccc(-c2nc3cc(-n4cccc4)ccc3o2)cc1Cl. The van der Waals surface area contributed by atoms with Crippen LogP contribution < -0.4 is 0 Å². The molecule has 4 heteroatoms. The third kappa shape index (κ3) is 2.20. The Morgan fingerprint density at radius 3 is 2.64 bits per heavy atom. The number of aromatic nitrogens is 2. The van der Waals surface area contributed by atoms with Crippen molar-refractivity contribution in [2.24, 2.45) is 0 Å². The zero-order valence-electron chi connectivity index (χ0n) is 12.0. The first-order valence-corrected chi connectivity index (χ1v) is 7.39. The Morgan fingerprint density at radius 1 is 1.05 bits per heavy atom. The van der Waals surface area contributed by atoms with Gasteiger partial charge < -0.3 is 8.98 Å². The summed E-state index contributed by atoms with van der Waals surface area (Å²) in [6, 6.07) is 15.8. The van der Waals surface area contributed by atoms with E-state index in [9.17, 15) is 0 Å². The van der Waals surface area contributed by atoms with Gasteiger partial charge in [-0.25, -0.2) is 4.98 Å². The molecule has 0 spiro atoms. The van der Waals surface area contributed by atoms with Crippen molar-refractivity contribution in [3.8, 4) is 17.1 Å². The van der Waals surface area contributed by atoms with Crippen LogP contribution in [0.1, 0.15) is 5.56 Å². The number of aryl methyl sites for hydroxylation is 1. The lowest BCUT2D eigenvalue weighted by Gasteiger charge is -2.00. The Morgan fingerprint density at radius 2 is 1.86 bits per heavy atom. The normalized spacial score (nSPS) is 11.2. The van der Waals surface area contributed by atoms with Crippen LogP contribution in [0.15, 0.2) is 65.3 Å². The molecule has 0 aliphatic carbocycles. The summed E-state index contributed by atoms with van der Waals surface area (Å²) < 4.78 is 7.88. The number of halogens is 1. The van der Waals surface area contributed by atoms with Gasteiger partial charge in [-0.15, -0.1) is 0 Å². The van der Waals surface area contributed by atoms with Gasteiger partial charge in [-0.2, -0.15) is 0 Å². The van der Waals surface area contributed by atoms with Crippen molar-refractivity contribution in [1.29, 1.82) is 0 Å². The fourth-order valence-electron chi connectivity index (χ4n) is 2.43. The monoisotopic (exact) mass is 308 g/mol. The first-order valence-electron chi connectivity index (χ1n) is 7.01. The quantitative estimate of drug-likeness (QED) is 0.506. The lowest BCUT2D eigenvalue weighted by atomic mass is 10.1. The Balaban J connectivity index is 1.81. The van der Waals surface area contributed by atoms with Gasteiger partial charge in [0.2, 0.25) is 5.89 Å². The lowest BCUT2D eigenvalue weighted by molar-refractivity contribution is 0.620. The zero-order valence-corrected chi connectivity index (χ0v) is 12.7. The molecule has 0 fully saturated rings. The average Bonchev–Trinajstić information content (AvgIpc) is 3.17. The van der Waals surface area contributed by atoms with Crippen LogP contribution in [-0.4, -0.2) is 9.55 Å². The summed E-state index contributed by atoms with van der Waals surface area (Å²) in [5, 5.41) is 0.716. The summed E-state index contributed by atoms with van der Waals surface area (Å²) in [5.74, 6) is 0.585. The van der Waals surface area contributed by atoms with Gasteiger partial charge in [0, 0.05) is 28.7 Å². The highest BCUT2D eigenvalue weighted by Gasteiger charge is 2.10. The number of fused-ring (bicyclic) bond motifs is 1. The average molecular weight is 309 g/mol. The molecule has 0 unspecified atom stereocenters. The number of hydrogen-bond donors (Lipinski definition) is 0. The molecule has 0 amide bonds. The van der Waals surface area contributed by atoms with E-state index in [-0.39, 0.29) is 0 Å². The zero-order chi connectivity index (χ0) is 15.1. The highest BCUT2D eigenvalue weighted by molar-refractivity contribution is 6.31. The summed E-state index contributed by atoms with van der Waals surface area (Å²) in [5.41, 5.74) is 4.57. The third-order valence-electron chi connectivity index (χ3n) is 3.69. The first-order chi connectivity index (χ1) is 10.7. The molecule has 2 aromatic heterocycles. The van der Waals surface area contributed by atoms with Crippen LogP contribution in [0.5, 0.6) is 0 Å². The predicted octanol–water partition coefficient (Wildman–Crippen LogP) is 5.25. The summed E-state index contributed by atoms with van der Waals surface area (Å²) in [6.45, 7) is 1.97. The molecule has 3 nitrogen and oxygen atoms in total. The molecule has 4 aromatic rings. The molecule has 2 aromatic carbocycles. The van der Waals surface area contributed by atoms with Crippen LogP contribution in [0.3, 0.4) is 0 Å². The first kappa shape index (κ1) is 13.2. The van der Waals surface area contributed by atoms with E-state index in [1.54, 1.807) is 0 Å². The van der Waals surface area contributed by atoms with Crippen molar-refractivity contribution in [1.82, 2.24) is 9.55 Å². The molecule has 0 saturated carbocycles. The van der Waals surface area contributed by atoms with E-state index >= 15 is 0 Å². The third-order valence-corrected chi connectivity index (χ3v) is 4.10. The van der Waals surface area contributed by atoms with Crippen LogP contribution in [0.25, 0.3) is 28.2 Å². The summed E-state index contributed by atoms with van der Waals surface area (Å²) >= 11 is 6.18. The van der Waals surface area contributed by atoms with Gasteiger partial charge >= 0.3 is 0 Å². The van der Waals surface area contributed by atoms with Crippen molar-refractivity contribution in [2.75, 3.05) is 0 Å². The van der Waals surface area contributed by atoms with E-state index < -0.39 is 0 Å². The van der Waals surface area contributed by atoms with E-state index in [4.69, 9.17) is 16.0 Å². The molecule has 0 radical (unpaired) electrons. The minimum absolute atomic E-state index is 0.585. The molecule has 0 aliphatic rings. The van der Waals surface area contributed by atoms with Gasteiger partial charge in [0.15, 0.2) is 5.58 Å². The minimum atomic E-state index is 0.585. The second kappa shape index (κ2) is 5.04. The minimum Gasteiger partial charge on any atom is -0.436 e. The van der Waals surface area contributed by atoms with Crippen LogP contribution in [0.4, 0.5) is 0 Å². The molecule has 22 heavy (non-hydrogen) atoms. The number of benzene rings is 2. The van der Waals surface area contributed by atoms with E-state index in [1.165, 1.54) is 0 Å². The Bertz CT molecular complexity index is 955. The van der Waals surface area contributed by atoms with Crippen LogP contribution in [0, 0.1) is 6.92 Å². The molecular weight excluding hydrogens is 296 g/mol. The van der Waals surface area contributed by atoms with E-state index in [0.717, 1.165) is 27.9 Å². The topological polar surface area (TPSA) is 31.0 Å². The van der Waals surface area contributed by atoms with Crippen molar-refractivity contribution in [2.45, 2.75) is 6.92 Å². The fourth-order valence-corrected chi connectivity index (χ4v) is 2.61. The highest BCUT2D eigenvalue weighted by Crippen LogP contribution is 2.28.